The van der Waals surface area contributed by atoms with Gasteiger partial charge in [0.25, 0.3) is 0 Å². The molecule has 11 heteroatoms. The van der Waals surface area contributed by atoms with Gasteiger partial charge in [-0.05, 0) is 50.3 Å². The van der Waals surface area contributed by atoms with E-state index in [2.05, 4.69) is 10.3 Å². The molecule has 2 unspecified atom stereocenters. The number of ketones is 1. The third kappa shape index (κ3) is 7.74. The van der Waals surface area contributed by atoms with Gasteiger partial charge in [-0.3, -0.25) is 19.3 Å². The van der Waals surface area contributed by atoms with Crippen LogP contribution in [-0.2, 0) is 25.7 Å². The summed E-state index contributed by atoms with van der Waals surface area (Å²) >= 11 is 1.27. The second kappa shape index (κ2) is 14.0. The summed E-state index contributed by atoms with van der Waals surface area (Å²) < 4.78 is 21.6. The number of Topliss-reactive ketones (excluding diaryl/α,β-unsaturated/α-hetero) is 1. The number of ether oxygens (including phenoxy) is 1. The van der Waals surface area contributed by atoms with Crippen molar-refractivity contribution in [2.45, 2.75) is 63.8 Å². The standard InChI is InChI=1S/C27H33FN4O4S.ClH/c1-3-36-25(34)9-6-13-32-21(16-29-30-32)15-20-17-31(14-12-24(20)37-18(2)33)26(27(35)19-10-11-19)22-7-4-5-8-23(22)28;/h4-5,7-8,15-16,19,24,26H,3,6,9-14,17H2,1-2H3;1H/b20-15-;. The number of esters is 1. The maximum absolute atomic E-state index is 14.9. The van der Waals surface area contributed by atoms with E-state index in [1.807, 2.05) is 11.0 Å². The van der Waals surface area contributed by atoms with Crippen molar-refractivity contribution in [2.75, 3.05) is 19.7 Å². The van der Waals surface area contributed by atoms with Crippen LogP contribution >= 0.6 is 24.2 Å². The molecule has 2 aliphatic rings. The number of likely N-dealkylation sites (tertiary alicyclic amines) is 1. The lowest BCUT2D eigenvalue weighted by atomic mass is 9.93. The van der Waals surface area contributed by atoms with Gasteiger partial charge in [0.1, 0.15) is 5.82 Å². The Kier molecular flexibility index (Phi) is 11.1. The Morgan fingerprint density at radius 1 is 1.24 bits per heavy atom. The normalized spacial score (nSPS) is 19.6. The van der Waals surface area contributed by atoms with Gasteiger partial charge in [0.2, 0.25) is 0 Å². The van der Waals surface area contributed by atoms with Crippen LogP contribution in [-0.4, -0.2) is 61.7 Å². The average Bonchev–Trinajstić information content (AvgIpc) is 3.63. The molecule has 4 rings (SSSR count). The van der Waals surface area contributed by atoms with Gasteiger partial charge in [0, 0.05) is 49.7 Å². The summed E-state index contributed by atoms with van der Waals surface area (Å²) in [6.45, 7) is 5.17. The minimum atomic E-state index is -0.659. The summed E-state index contributed by atoms with van der Waals surface area (Å²) in [5.74, 6) is -0.585. The first kappa shape index (κ1) is 30.0. The average molecular weight is 565 g/mol. The van der Waals surface area contributed by atoms with Crippen molar-refractivity contribution in [2.24, 2.45) is 5.92 Å². The lowest BCUT2D eigenvalue weighted by Gasteiger charge is -2.38. The van der Waals surface area contributed by atoms with E-state index in [0.717, 1.165) is 24.1 Å². The quantitative estimate of drug-likeness (QED) is 0.364. The van der Waals surface area contributed by atoms with Gasteiger partial charge in [0.05, 0.1) is 24.5 Å². The summed E-state index contributed by atoms with van der Waals surface area (Å²) in [6.07, 6.45) is 6.81. The van der Waals surface area contributed by atoms with Crippen LogP contribution < -0.4 is 0 Å². The Morgan fingerprint density at radius 3 is 2.68 bits per heavy atom. The highest BCUT2D eigenvalue weighted by atomic mass is 35.5. The first-order valence-corrected chi connectivity index (χ1v) is 13.7. The Bertz CT molecular complexity index is 1170. The van der Waals surface area contributed by atoms with E-state index in [4.69, 9.17) is 4.74 Å². The van der Waals surface area contributed by atoms with E-state index in [-0.39, 0.29) is 52.7 Å². The number of aryl methyl sites for hydroxylation is 1. The van der Waals surface area contributed by atoms with Crippen LogP contribution in [0.3, 0.4) is 0 Å². The van der Waals surface area contributed by atoms with Gasteiger partial charge >= 0.3 is 5.97 Å². The number of piperidine rings is 1. The fourth-order valence-electron chi connectivity index (χ4n) is 4.74. The molecule has 206 valence electrons. The molecular formula is C27H34ClFN4O4S. The zero-order valence-electron chi connectivity index (χ0n) is 21.7. The molecule has 1 aliphatic heterocycles. The van der Waals surface area contributed by atoms with Gasteiger partial charge in [-0.15, -0.1) is 17.5 Å². The van der Waals surface area contributed by atoms with Crippen LogP contribution in [0.2, 0.25) is 0 Å². The third-order valence-corrected chi connectivity index (χ3v) is 7.79. The van der Waals surface area contributed by atoms with E-state index in [0.29, 0.717) is 44.6 Å². The van der Waals surface area contributed by atoms with Crippen molar-refractivity contribution in [1.29, 1.82) is 0 Å². The van der Waals surface area contributed by atoms with Gasteiger partial charge in [-0.1, -0.05) is 35.2 Å². The Hall–Kier alpha value is -2.56. The molecule has 1 saturated heterocycles. The number of carbonyl (C=O) groups excluding carboxylic acids is 3. The van der Waals surface area contributed by atoms with E-state index < -0.39 is 6.04 Å². The number of aromatic nitrogens is 3. The molecule has 8 nitrogen and oxygen atoms in total. The predicted octanol–water partition coefficient (Wildman–Crippen LogP) is 4.64. The van der Waals surface area contributed by atoms with Crippen molar-refractivity contribution in [1.82, 2.24) is 19.9 Å². The number of halogens is 2. The molecule has 2 aromatic rings. The second-order valence-electron chi connectivity index (χ2n) is 9.47. The molecule has 0 bridgehead atoms. The minimum Gasteiger partial charge on any atom is -0.466 e. The Morgan fingerprint density at radius 2 is 2.00 bits per heavy atom. The van der Waals surface area contributed by atoms with Crippen molar-refractivity contribution in [3.05, 3.63) is 53.1 Å². The summed E-state index contributed by atoms with van der Waals surface area (Å²) in [6, 6.07) is 5.84. The number of hydrogen-bond donors (Lipinski definition) is 0. The van der Waals surface area contributed by atoms with Crippen LogP contribution in [0.5, 0.6) is 0 Å². The van der Waals surface area contributed by atoms with Crippen molar-refractivity contribution in [3.63, 3.8) is 0 Å². The van der Waals surface area contributed by atoms with Crippen molar-refractivity contribution < 1.29 is 23.5 Å². The van der Waals surface area contributed by atoms with Crippen LogP contribution in [0.1, 0.15) is 63.3 Å². The Labute approximate surface area is 232 Å². The van der Waals surface area contributed by atoms with E-state index in [1.54, 1.807) is 42.9 Å². The minimum absolute atomic E-state index is 0. The summed E-state index contributed by atoms with van der Waals surface area (Å²) in [7, 11) is 0. The largest absolute Gasteiger partial charge is 0.466 e. The maximum atomic E-state index is 14.9. The highest BCUT2D eigenvalue weighted by molar-refractivity contribution is 8.14. The van der Waals surface area contributed by atoms with E-state index in [1.165, 1.54) is 17.8 Å². The molecular weight excluding hydrogens is 531 g/mol. The van der Waals surface area contributed by atoms with Gasteiger partial charge in [-0.2, -0.15) is 0 Å². The molecule has 0 amide bonds. The number of thioether (sulfide) groups is 1. The first-order valence-electron chi connectivity index (χ1n) is 12.8. The van der Waals surface area contributed by atoms with Gasteiger partial charge in [0.15, 0.2) is 10.9 Å². The van der Waals surface area contributed by atoms with Crippen LogP contribution in [0.15, 0.2) is 36.0 Å². The molecule has 2 atom stereocenters. The molecule has 2 heterocycles. The molecule has 0 radical (unpaired) electrons. The summed E-state index contributed by atoms with van der Waals surface area (Å²) in [4.78, 5) is 39.1. The molecule has 0 N–H and O–H groups in total. The molecule has 1 aromatic carbocycles. The van der Waals surface area contributed by atoms with E-state index >= 15 is 0 Å². The molecule has 1 aromatic heterocycles. The fraction of sp³-hybridized carbons (Fsp3) is 0.519. The van der Waals surface area contributed by atoms with Crippen LogP contribution in [0, 0.1) is 11.7 Å². The highest BCUT2D eigenvalue weighted by Gasteiger charge is 2.41. The zero-order valence-corrected chi connectivity index (χ0v) is 23.3. The summed E-state index contributed by atoms with van der Waals surface area (Å²) in [5, 5.41) is 8.16. The lowest BCUT2D eigenvalue weighted by molar-refractivity contribution is -0.143. The van der Waals surface area contributed by atoms with Gasteiger partial charge in [-0.25, -0.2) is 9.07 Å². The number of carbonyl (C=O) groups is 3. The molecule has 2 fully saturated rings. The number of nitrogens with zero attached hydrogens (tertiary/aromatic N) is 4. The molecule has 1 saturated carbocycles. The number of rotatable bonds is 11. The lowest BCUT2D eigenvalue weighted by Crippen LogP contribution is -2.43. The zero-order chi connectivity index (χ0) is 26.4. The molecule has 1 aliphatic carbocycles. The first-order chi connectivity index (χ1) is 17.9. The summed E-state index contributed by atoms with van der Waals surface area (Å²) in [5.41, 5.74) is 2.12. The topological polar surface area (TPSA) is 94.4 Å². The molecule has 0 spiro atoms. The second-order valence-corrected chi connectivity index (χ2v) is 10.8. The van der Waals surface area contributed by atoms with Crippen LogP contribution in [0.25, 0.3) is 6.08 Å². The van der Waals surface area contributed by atoms with Gasteiger partial charge < -0.3 is 4.74 Å². The monoisotopic (exact) mass is 564 g/mol. The maximum Gasteiger partial charge on any atom is 0.305 e. The van der Waals surface area contributed by atoms with Crippen LogP contribution in [0.4, 0.5) is 4.39 Å². The molecule has 38 heavy (non-hydrogen) atoms. The predicted molar refractivity (Wildman–Crippen MR) is 146 cm³/mol. The number of hydrogen-bond acceptors (Lipinski definition) is 8. The Balaban J connectivity index is 0.00000400. The fourth-order valence-corrected chi connectivity index (χ4v) is 5.66. The van der Waals surface area contributed by atoms with E-state index in [9.17, 15) is 18.8 Å². The smallest absolute Gasteiger partial charge is 0.305 e. The van der Waals surface area contributed by atoms with Crippen molar-refractivity contribution in [3.8, 4) is 0 Å². The van der Waals surface area contributed by atoms with Crippen molar-refractivity contribution >= 4 is 47.1 Å². The third-order valence-electron chi connectivity index (χ3n) is 6.64. The SMILES string of the molecule is CCOC(=O)CCCn1nncc1/C=C1/CN(C(C(=O)C2CC2)c2ccccc2F)CCC1SC(C)=O.Cl. The highest BCUT2D eigenvalue weighted by Crippen LogP contribution is 2.40. The number of benzene rings is 1.